The van der Waals surface area contributed by atoms with Crippen LogP contribution < -0.4 is 10.2 Å². The van der Waals surface area contributed by atoms with E-state index in [0.717, 1.165) is 19.0 Å². The van der Waals surface area contributed by atoms with Gasteiger partial charge >= 0.3 is 0 Å². The molecule has 2 aliphatic carbocycles. The van der Waals surface area contributed by atoms with Crippen molar-refractivity contribution in [1.82, 2.24) is 15.3 Å². The molecule has 1 saturated heterocycles. The van der Waals surface area contributed by atoms with Crippen LogP contribution in [0.2, 0.25) is 0 Å². The zero-order chi connectivity index (χ0) is 14.1. The number of anilines is 1. The number of rotatable bonds is 4. The molecule has 1 unspecified atom stereocenters. The number of hydrogen-bond acceptors (Lipinski definition) is 4. The van der Waals surface area contributed by atoms with Gasteiger partial charge in [-0.3, -0.25) is 0 Å². The standard InChI is InChI=1S/C17H26N4/c1-2-6-15-16(7-3-1)19-12-20-17(15)21-10-4-5-14(21)11-18-13-8-9-13/h12-14,18H,1-11H2. The number of aryl methyl sites for hydroxylation is 1. The fourth-order valence-corrected chi connectivity index (χ4v) is 3.85. The summed E-state index contributed by atoms with van der Waals surface area (Å²) in [5.74, 6) is 1.25. The van der Waals surface area contributed by atoms with E-state index in [1.54, 1.807) is 6.33 Å². The number of fused-ring (bicyclic) bond motifs is 1. The molecule has 3 aliphatic rings. The quantitative estimate of drug-likeness (QED) is 0.863. The zero-order valence-electron chi connectivity index (χ0n) is 12.9. The highest BCUT2D eigenvalue weighted by Gasteiger charge is 2.30. The van der Waals surface area contributed by atoms with Crippen LogP contribution in [-0.4, -0.2) is 35.1 Å². The summed E-state index contributed by atoms with van der Waals surface area (Å²) in [6.45, 7) is 2.30. The summed E-state index contributed by atoms with van der Waals surface area (Å²) in [6.07, 6.45) is 13.4. The van der Waals surface area contributed by atoms with Gasteiger partial charge in [0.25, 0.3) is 0 Å². The molecule has 4 heteroatoms. The molecule has 2 fully saturated rings. The van der Waals surface area contributed by atoms with Crippen LogP contribution in [0.5, 0.6) is 0 Å². The average molecular weight is 286 g/mol. The predicted octanol–water partition coefficient (Wildman–Crippen LogP) is 2.47. The Morgan fingerprint density at radius 1 is 1.05 bits per heavy atom. The fourth-order valence-electron chi connectivity index (χ4n) is 3.85. The summed E-state index contributed by atoms with van der Waals surface area (Å²) in [5.41, 5.74) is 2.77. The van der Waals surface area contributed by atoms with Crippen molar-refractivity contribution in [2.75, 3.05) is 18.0 Å². The first kappa shape index (κ1) is 13.5. The smallest absolute Gasteiger partial charge is 0.135 e. The van der Waals surface area contributed by atoms with E-state index in [1.807, 2.05) is 0 Å². The van der Waals surface area contributed by atoms with Crippen molar-refractivity contribution in [3.8, 4) is 0 Å². The van der Waals surface area contributed by atoms with Crippen molar-refractivity contribution in [2.45, 2.75) is 69.9 Å². The molecule has 0 radical (unpaired) electrons. The third-order valence-corrected chi connectivity index (χ3v) is 5.22. The largest absolute Gasteiger partial charge is 0.352 e. The summed E-state index contributed by atoms with van der Waals surface area (Å²) < 4.78 is 0. The van der Waals surface area contributed by atoms with Crippen LogP contribution in [0.1, 0.15) is 56.2 Å². The molecule has 114 valence electrons. The van der Waals surface area contributed by atoms with Crippen LogP contribution in [0.3, 0.4) is 0 Å². The van der Waals surface area contributed by atoms with E-state index in [1.165, 1.54) is 75.0 Å². The molecule has 1 aliphatic heterocycles. The Morgan fingerprint density at radius 2 is 1.95 bits per heavy atom. The summed E-state index contributed by atoms with van der Waals surface area (Å²) in [7, 11) is 0. The normalized spacial score (nSPS) is 25.7. The van der Waals surface area contributed by atoms with Gasteiger partial charge in [-0.1, -0.05) is 6.42 Å². The van der Waals surface area contributed by atoms with Crippen LogP contribution >= 0.6 is 0 Å². The van der Waals surface area contributed by atoms with Gasteiger partial charge in [0.2, 0.25) is 0 Å². The second-order valence-electron chi connectivity index (χ2n) is 6.86. The van der Waals surface area contributed by atoms with Crippen molar-refractivity contribution in [3.05, 3.63) is 17.6 Å². The molecular formula is C17H26N4. The minimum Gasteiger partial charge on any atom is -0.352 e. The van der Waals surface area contributed by atoms with E-state index in [0.29, 0.717) is 6.04 Å². The van der Waals surface area contributed by atoms with Crippen LogP contribution in [0.15, 0.2) is 6.33 Å². The highest BCUT2D eigenvalue weighted by molar-refractivity contribution is 5.51. The fraction of sp³-hybridized carbons (Fsp3) is 0.765. The molecule has 1 atom stereocenters. The molecule has 1 aromatic heterocycles. The maximum Gasteiger partial charge on any atom is 0.135 e. The first-order valence-electron chi connectivity index (χ1n) is 8.74. The molecule has 4 rings (SSSR count). The van der Waals surface area contributed by atoms with E-state index in [-0.39, 0.29) is 0 Å². The van der Waals surface area contributed by atoms with E-state index >= 15 is 0 Å². The molecule has 21 heavy (non-hydrogen) atoms. The number of hydrogen-bond donors (Lipinski definition) is 1. The van der Waals surface area contributed by atoms with Gasteiger partial charge in [-0.25, -0.2) is 9.97 Å². The lowest BCUT2D eigenvalue weighted by Crippen LogP contribution is -2.39. The van der Waals surface area contributed by atoms with Gasteiger partial charge in [0.15, 0.2) is 0 Å². The summed E-state index contributed by atoms with van der Waals surface area (Å²) in [6, 6.07) is 1.43. The molecule has 0 bridgehead atoms. The predicted molar refractivity (Wildman–Crippen MR) is 84.7 cm³/mol. The lowest BCUT2D eigenvalue weighted by Gasteiger charge is -2.28. The lowest BCUT2D eigenvalue weighted by atomic mass is 10.1. The number of aromatic nitrogens is 2. The van der Waals surface area contributed by atoms with E-state index < -0.39 is 0 Å². The summed E-state index contributed by atoms with van der Waals surface area (Å²) >= 11 is 0. The highest BCUT2D eigenvalue weighted by Crippen LogP contribution is 2.31. The molecule has 0 aromatic carbocycles. The number of nitrogens with zero attached hydrogens (tertiary/aromatic N) is 3. The maximum absolute atomic E-state index is 4.70. The lowest BCUT2D eigenvalue weighted by molar-refractivity contribution is 0.567. The Balaban J connectivity index is 1.56. The van der Waals surface area contributed by atoms with Crippen molar-refractivity contribution in [1.29, 1.82) is 0 Å². The second kappa shape index (κ2) is 5.91. The van der Waals surface area contributed by atoms with Gasteiger partial charge in [0.05, 0.1) is 0 Å². The Bertz CT molecular complexity index is 498. The summed E-state index contributed by atoms with van der Waals surface area (Å²) in [4.78, 5) is 11.8. The summed E-state index contributed by atoms with van der Waals surface area (Å²) in [5, 5.41) is 3.71. The van der Waals surface area contributed by atoms with Crippen LogP contribution in [0, 0.1) is 0 Å². The SMILES string of the molecule is c1nc2c(c(N3CCCC3CNC3CC3)n1)CCCCC2. The third kappa shape index (κ3) is 2.91. The van der Waals surface area contributed by atoms with Crippen molar-refractivity contribution < 1.29 is 0 Å². The molecule has 1 saturated carbocycles. The monoisotopic (exact) mass is 286 g/mol. The molecule has 1 aromatic rings. The van der Waals surface area contributed by atoms with Crippen LogP contribution in [0.4, 0.5) is 5.82 Å². The van der Waals surface area contributed by atoms with Crippen molar-refractivity contribution in [2.24, 2.45) is 0 Å². The van der Waals surface area contributed by atoms with Gasteiger partial charge in [0.1, 0.15) is 12.1 Å². The highest BCUT2D eigenvalue weighted by atomic mass is 15.3. The molecular weight excluding hydrogens is 260 g/mol. The minimum atomic E-state index is 0.632. The zero-order valence-corrected chi connectivity index (χ0v) is 12.9. The molecule has 0 amide bonds. The minimum absolute atomic E-state index is 0.632. The third-order valence-electron chi connectivity index (χ3n) is 5.22. The van der Waals surface area contributed by atoms with Crippen LogP contribution in [-0.2, 0) is 12.8 Å². The van der Waals surface area contributed by atoms with Gasteiger partial charge in [-0.15, -0.1) is 0 Å². The molecule has 1 N–H and O–H groups in total. The van der Waals surface area contributed by atoms with Crippen molar-refractivity contribution in [3.63, 3.8) is 0 Å². The van der Waals surface area contributed by atoms with Gasteiger partial charge in [0, 0.05) is 36.4 Å². The maximum atomic E-state index is 4.70. The van der Waals surface area contributed by atoms with Gasteiger partial charge in [-0.2, -0.15) is 0 Å². The van der Waals surface area contributed by atoms with Crippen molar-refractivity contribution >= 4 is 5.82 Å². The molecule has 0 spiro atoms. The van der Waals surface area contributed by atoms with E-state index in [9.17, 15) is 0 Å². The van der Waals surface area contributed by atoms with Crippen LogP contribution in [0.25, 0.3) is 0 Å². The topological polar surface area (TPSA) is 41.1 Å². The number of nitrogens with one attached hydrogen (secondary N) is 1. The first-order valence-corrected chi connectivity index (χ1v) is 8.74. The average Bonchev–Trinajstić information content (AvgIpc) is 3.27. The van der Waals surface area contributed by atoms with E-state index in [4.69, 9.17) is 4.98 Å². The second-order valence-corrected chi connectivity index (χ2v) is 6.86. The Hall–Kier alpha value is -1.16. The Kier molecular flexibility index (Phi) is 3.80. The Labute approximate surface area is 127 Å². The molecule has 2 heterocycles. The first-order chi connectivity index (χ1) is 10.4. The molecule has 4 nitrogen and oxygen atoms in total. The van der Waals surface area contributed by atoms with E-state index in [2.05, 4.69) is 15.2 Å². The van der Waals surface area contributed by atoms with Gasteiger partial charge in [-0.05, 0) is 51.4 Å². The van der Waals surface area contributed by atoms with Gasteiger partial charge < -0.3 is 10.2 Å². The Morgan fingerprint density at radius 3 is 2.86 bits per heavy atom.